The van der Waals surface area contributed by atoms with Gasteiger partial charge in [0.15, 0.2) is 6.54 Å². The van der Waals surface area contributed by atoms with Crippen LogP contribution in [0, 0.1) is 10.1 Å². The second kappa shape index (κ2) is 9.45. The van der Waals surface area contributed by atoms with E-state index in [2.05, 4.69) is 5.32 Å². The maximum absolute atomic E-state index is 12.7. The summed E-state index contributed by atoms with van der Waals surface area (Å²) in [6.07, 6.45) is 1.92. The lowest BCUT2D eigenvalue weighted by Crippen LogP contribution is -3.11. The number of carbonyl (C=O) groups is 1. The Morgan fingerprint density at radius 3 is 2.57 bits per heavy atom. The zero-order valence-corrected chi connectivity index (χ0v) is 17.3. The van der Waals surface area contributed by atoms with Gasteiger partial charge in [-0.15, -0.1) is 0 Å². The Morgan fingerprint density at radius 2 is 1.90 bits per heavy atom. The van der Waals surface area contributed by atoms with Gasteiger partial charge in [-0.3, -0.25) is 14.9 Å². The van der Waals surface area contributed by atoms with Crippen LogP contribution in [0.15, 0.2) is 36.4 Å². The number of non-ortho nitro benzene ring substituents is 1. The van der Waals surface area contributed by atoms with E-state index in [1.807, 2.05) is 18.2 Å². The van der Waals surface area contributed by atoms with Crippen molar-refractivity contribution in [2.45, 2.75) is 18.9 Å². The maximum Gasteiger partial charge on any atom is 0.279 e. The number of anilines is 1. The van der Waals surface area contributed by atoms with Crippen LogP contribution in [0.2, 0.25) is 0 Å². The van der Waals surface area contributed by atoms with E-state index in [9.17, 15) is 14.9 Å². The summed E-state index contributed by atoms with van der Waals surface area (Å²) >= 11 is 0. The number of hydrogen-bond acceptors (Lipinski definition) is 6. The molecule has 1 heterocycles. The summed E-state index contributed by atoms with van der Waals surface area (Å²) in [7, 11) is 4.68. The predicted octanol–water partition coefficient (Wildman–Crippen LogP) is 1.98. The highest BCUT2D eigenvalue weighted by Gasteiger charge is 2.34. The Hall–Kier alpha value is -3.33. The molecule has 1 saturated heterocycles. The highest BCUT2D eigenvalue weighted by molar-refractivity contribution is 5.93. The Morgan fingerprint density at radius 1 is 1.13 bits per heavy atom. The van der Waals surface area contributed by atoms with Crippen LogP contribution in [0.25, 0.3) is 0 Å². The summed E-state index contributed by atoms with van der Waals surface area (Å²) in [5.41, 5.74) is 1.21. The molecular formula is C21H26N3O6+. The second-order valence-electron chi connectivity index (χ2n) is 7.08. The summed E-state index contributed by atoms with van der Waals surface area (Å²) in [6.45, 7) is 1.07. The first-order valence-corrected chi connectivity index (χ1v) is 9.65. The first kappa shape index (κ1) is 21.4. The summed E-state index contributed by atoms with van der Waals surface area (Å²) in [4.78, 5) is 24.4. The minimum Gasteiger partial charge on any atom is -0.497 e. The van der Waals surface area contributed by atoms with Gasteiger partial charge in [-0.25, -0.2) is 0 Å². The third kappa shape index (κ3) is 4.62. The van der Waals surface area contributed by atoms with Gasteiger partial charge in [0.1, 0.15) is 23.3 Å². The third-order valence-electron chi connectivity index (χ3n) is 5.36. The van der Waals surface area contributed by atoms with Gasteiger partial charge in [0.05, 0.1) is 44.0 Å². The standard InChI is InChI=1S/C21H25N3O6/c1-28-15-7-8-16(20(12-15)30-3)18-5-4-10-23(18)13-21(25)22-17-11-14(24(26)27)6-9-19(17)29-2/h6-9,11-12,18H,4-5,10,13H2,1-3H3,(H,22,25)/p+1/t18-/m0/s1. The van der Waals surface area contributed by atoms with Gasteiger partial charge in [-0.05, 0) is 18.2 Å². The largest absolute Gasteiger partial charge is 0.497 e. The second-order valence-corrected chi connectivity index (χ2v) is 7.08. The van der Waals surface area contributed by atoms with Gasteiger partial charge < -0.3 is 24.4 Å². The average molecular weight is 416 g/mol. The van der Waals surface area contributed by atoms with E-state index < -0.39 is 4.92 Å². The molecule has 0 bridgehead atoms. The molecule has 0 spiro atoms. The third-order valence-corrected chi connectivity index (χ3v) is 5.36. The summed E-state index contributed by atoms with van der Waals surface area (Å²) in [5.74, 6) is 1.59. The Kier molecular flexibility index (Phi) is 6.73. The topological polar surface area (TPSA) is 104 Å². The zero-order chi connectivity index (χ0) is 21.7. The molecule has 0 aromatic heterocycles. The molecule has 3 rings (SSSR count). The van der Waals surface area contributed by atoms with Crippen molar-refractivity contribution in [1.29, 1.82) is 0 Å². The fourth-order valence-electron chi connectivity index (χ4n) is 3.91. The quantitative estimate of drug-likeness (QED) is 0.504. The van der Waals surface area contributed by atoms with Crippen LogP contribution in [0.5, 0.6) is 17.2 Å². The number of likely N-dealkylation sites (tertiary alicyclic amines) is 1. The van der Waals surface area contributed by atoms with Gasteiger partial charge in [0.2, 0.25) is 0 Å². The van der Waals surface area contributed by atoms with Crippen molar-refractivity contribution in [1.82, 2.24) is 0 Å². The van der Waals surface area contributed by atoms with Crippen molar-refractivity contribution >= 4 is 17.3 Å². The number of nitrogens with one attached hydrogen (secondary N) is 2. The smallest absolute Gasteiger partial charge is 0.279 e. The number of hydrogen-bond donors (Lipinski definition) is 2. The van der Waals surface area contributed by atoms with E-state index in [1.54, 1.807) is 14.2 Å². The van der Waals surface area contributed by atoms with E-state index in [4.69, 9.17) is 14.2 Å². The lowest BCUT2D eigenvalue weighted by Gasteiger charge is -2.23. The van der Waals surface area contributed by atoms with Crippen molar-refractivity contribution in [2.75, 3.05) is 39.7 Å². The number of nitro benzene ring substituents is 1. The number of nitrogens with zero attached hydrogens (tertiary/aromatic N) is 1. The monoisotopic (exact) mass is 416 g/mol. The highest BCUT2D eigenvalue weighted by Crippen LogP contribution is 2.32. The molecule has 0 radical (unpaired) electrons. The van der Waals surface area contributed by atoms with Gasteiger partial charge in [0.25, 0.3) is 11.6 Å². The van der Waals surface area contributed by atoms with Crippen molar-refractivity contribution in [3.63, 3.8) is 0 Å². The van der Waals surface area contributed by atoms with Crippen LogP contribution in [-0.2, 0) is 4.79 Å². The molecule has 160 valence electrons. The van der Waals surface area contributed by atoms with E-state index in [0.717, 1.165) is 35.6 Å². The van der Waals surface area contributed by atoms with Gasteiger partial charge in [-0.2, -0.15) is 0 Å². The van der Waals surface area contributed by atoms with Crippen molar-refractivity contribution in [2.24, 2.45) is 0 Å². The molecule has 0 aliphatic carbocycles. The van der Waals surface area contributed by atoms with Crippen LogP contribution in [0.3, 0.4) is 0 Å². The summed E-state index contributed by atoms with van der Waals surface area (Å²) in [6, 6.07) is 9.95. The predicted molar refractivity (Wildman–Crippen MR) is 110 cm³/mol. The number of benzene rings is 2. The van der Waals surface area contributed by atoms with E-state index in [0.29, 0.717) is 11.5 Å². The van der Waals surface area contributed by atoms with Gasteiger partial charge in [0, 0.05) is 31.0 Å². The molecule has 2 aromatic rings. The normalized spacial score (nSPS) is 18.0. The lowest BCUT2D eigenvalue weighted by molar-refractivity contribution is -0.910. The lowest BCUT2D eigenvalue weighted by atomic mass is 10.0. The Labute approximate surface area is 174 Å². The summed E-state index contributed by atoms with van der Waals surface area (Å²) < 4.78 is 16.0. The van der Waals surface area contributed by atoms with Crippen LogP contribution >= 0.6 is 0 Å². The first-order chi connectivity index (χ1) is 14.5. The SMILES string of the molecule is COc1ccc([C@@H]2CCC[NH+]2CC(=O)Nc2cc([N+](=O)[O-])ccc2OC)c(OC)c1. The van der Waals surface area contributed by atoms with Crippen molar-refractivity contribution in [3.8, 4) is 17.2 Å². The fourth-order valence-corrected chi connectivity index (χ4v) is 3.91. The fraction of sp³-hybridized carbons (Fsp3) is 0.381. The molecule has 9 nitrogen and oxygen atoms in total. The number of carbonyl (C=O) groups excluding carboxylic acids is 1. The molecule has 2 N–H and O–H groups in total. The van der Waals surface area contributed by atoms with Crippen LogP contribution in [0.4, 0.5) is 11.4 Å². The van der Waals surface area contributed by atoms with Crippen molar-refractivity contribution < 1.29 is 28.8 Å². The number of methoxy groups -OCH3 is 3. The number of amides is 1. The molecule has 1 fully saturated rings. The van der Waals surface area contributed by atoms with Gasteiger partial charge in [-0.1, -0.05) is 0 Å². The number of nitro groups is 1. The number of ether oxygens (including phenoxy) is 3. The zero-order valence-electron chi connectivity index (χ0n) is 17.3. The number of rotatable bonds is 8. The molecule has 1 aliphatic heterocycles. The molecule has 1 amide bonds. The minimum atomic E-state index is -0.507. The molecule has 1 aliphatic rings. The Balaban J connectivity index is 1.75. The molecular weight excluding hydrogens is 390 g/mol. The first-order valence-electron chi connectivity index (χ1n) is 9.65. The summed E-state index contributed by atoms with van der Waals surface area (Å²) in [5, 5.41) is 13.8. The number of quaternary nitrogens is 1. The van der Waals surface area contributed by atoms with Crippen LogP contribution in [-0.4, -0.2) is 45.2 Å². The van der Waals surface area contributed by atoms with E-state index in [1.165, 1.54) is 25.3 Å². The minimum absolute atomic E-state index is 0.111. The molecule has 0 saturated carbocycles. The van der Waals surface area contributed by atoms with Crippen molar-refractivity contribution in [3.05, 3.63) is 52.1 Å². The average Bonchev–Trinajstić information content (AvgIpc) is 3.20. The maximum atomic E-state index is 12.7. The molecule has 1 unspecified atom stereocenters. The van der Waals surface area contributed by atoms with E-state index >= 15 is 0 Å². The molecule has 9 heteroatoms. The van der Waals surface area contributed by atoms with Crippen LogP contribution in [0.1, 0.15) is 24.4 Å². The molecule has 2 atom stereocenters. The highest BCUT2D eigenvalue weighted by atomic mass is 16.6. The van der Waals surface area contributed by atoms with Gasteiger partial charge >= 0.3 is 0 Å². The molecule has 30 heavy (non-hydrogen) atoms. The Bertz CT molecular complexity index is 933. The molecule has 2 aromatic carbocycles. The van der Waals surface area contributed by atoms with Crippen LogP contribution < -0.4 is 24.4 Å². The van der Waals surface area contributed by atoms with E-state index in [-0.39, 0.29) is 29.9 Å².